The van der Waals surface area contributed by atoms with Crippen LogP contribution in [0.25, 0.3) is 0 Å². The average Bonchev–Trinajstić information content (AvgIpc) is 3.08. The van der Waals surface area contributed by atoms with Crippen LogP contribution in [0.5, 0.6) is 0 Å². The average molecular weight is 348 g/mol. The summed E-state index contributed by atoms with van der Waals surface area (Å²) < 4.78 is 32.1. The van der Waals surface area contributed by atoms with E-state index in [4.69, 9.17) is 4.74 Å². The van der Waals surface area contributed by atoms with Crippen molar-refractivity contribution in [3.8, 4) is 0 Å². The molecule has 132 valence electrons. The van der Waals surface area contributed by atoms with E-state index < -0.39 is 17.5 Å². The number of hydrogen-bond acceptors (Lipinski definition) is 5. The zero-order chi connectivity index (χ0) is 17.8. The number of amides is 1. The van der Waals surface area contributed by atoms with Crippen molar-refractivity contribution < 1.29 is 18.3 Å². The van der Waals surface area contributed by atoms with E-state index in [9.17, 15) is 13.6 Å². The van der Waals surface area contributed by atoms with Gasteiger partial charge in [-0.1, -0.05) is 0 Å². The maximum absolute atomic E-state index is 13.7. The van der Waals surface area contributed by atoms with Gasteiger partial charge in [-0.2, -0.15) is 0 Å². The molecule has 1 unspecified atom stereocenters. The first-order valence-corrected chi connectivity index (χ1v) is 7.99. The number of aromatic nitrogens is 2. The highest BCUT2D eigenvalue weighted by Crippen LogP contribution is 2.17. The molecular formula is C17H18F2N4O2. The van der Waals surface area contributed by atoms with Crippen molar-refractivity contribution in [1.82, 2.24) is 9.97 Å². The van der Waals surface area contributed by atoms with Crippen LogP contribution in [0, 0.1) is 18.6 Å². The minimum atomic E-state index is -0.851. The number of carbonyl (C=O) groups excluding carboxylic acids is 1. The standard InChI is InChI=1S/C17H18F2N4O2/c1-10-7-15(16(24)22-14-5-4-11(18)8-13(14)19)23-17(21-10)20-9-12-3-2-6-25-12/h4-5,7-8,12H,2-3,6,9H2,1H3,(H,22,24)(H,20,21,23). The van der Waals surface area contributed by atoms with E-state index in [1.165, 1.54) is 6.07 Å². The maximum atomic E-state index is 13.7. The summed E-state index contributed by atoms with van der Waals surface area (Å²) in [5, 5.41) is 5.44. The summed E-state index contributed by atoms with van der Waals surface area (Å²) in [5.74, 6) is -1.86. The molecule has 0 aliphatic carbocycles. The molecule has 1 aliphatic heterocycles. The molecule has 0 spiro atoms. The van der Waals surface area contributed by atoms with Crippen LogP contribution in [0.4, 0.5) is 20.4 Å². The summed E-state index contributed by atoms with van der Waals surface area (Å²) in [6.07, 6.45) is 2.10. The third kappa shape index (κ3) is 4.48. The Bertz CT molecular complexity index is 779. The highest BCUT2D eigenvalue weighted by molar-refractivity contribution is 6.03. The second kappa shape index (κ2) is 7.52. The number of carbonyl (C=O) groups is 1. The molecule has 2 aromatic rings. The Hall–Kier alpha value is -2.61. The van der Waals surface area contributed by atoms with Gasteiger partial charge < -0.3 is 15.4 Å². The number of nitrogens with one attached hydrogen (secondary N) is 2. The second-order valence-corrected chi connectivity index (χ2v) is 5.81. The Kier molecular flexibility index (Phi) is 5.18. The van der Waals surface area contributed by atoms with Crippen LogP contribution < -0.4 is 10.6 Å². The number of benzene rings is 1. The van der Waals surface area contributed by atoms with Gasteiger partial charge in [-0.25, -0.2) is 18.7 Å². The number of hydrogen-bond donors (Lipinski definition) is 2. The van der Waals surface area contributed by atoms with Gasteiger partial charge >= 0.3 is 0 Å². The molecule has 2 heterocycles. The number of aryl methyl sites for hydroxylation is 1. The van der Waals surface area contributed by atoms with Crippen molar-refractivity contribution in [2.45, 2.75) is 25.9 Å². The van der Waals surface area contributed by atoms with Crippen molar-refractivity contribution in [3.05, 3.63) is 47.3 Å². The molecule has 0 bridgehead atoms. The van der Waals surface area contributed by atoms with Crippen LogP contribution in [-0.4, -0.2) is 35.1 Å². The van der Waals surface area contributed by atoms with Gasteiger partial charge in [0.1, 0.15) is 17.3 Å². The van der Waals surface area contributed by atoms with Crippen LogP contribution in [0.2, 0.25) is 0 Å². The van der Waals surface area contributed by atoms with Crippen LogP contribution in [-0.2, 0) is 4.74 Å². The van der Waals surface area contributed by atoms with Crippen molar-refractivity contribution in [2.75, 3.05) is 23.8 Å². The fourth-order valence-electron chi connectivity index (χ4n) is 2.55. The maximum Gasteiger partial charge on any atom is 0.274 e. The van der Waals surface area contributed by atoms with Crippen LogP contribution in [0.1, 0.15) is 29.0 Å². The number of nitrogens with zero attached hydrogens (tertiary/aromatic N) is 2. The molecule has 1 amide bonds. The molecule has 1 aromatic carbocycles. The first-order valence-electron chi connectivity index (χ1n) is 7.99. The third-order valence-corrected chi connectivity index (χ3v) is 3.78. The summed E-state index contributed by atoms with van der Waals surface area (Å²) in [6.45, 7) is 3.03. The molecule has 6 nitrogen and oxygen atoms in total. The van der Waals surface area contributed by atoms with Crippen LogP contribution in [0.3, 0.4) is 0 Å². The first-order chi connectivity index (χ1) is 12.0. The highest BCUT2D eigenvalue weighted by atomic mass is 19.1. The smallest absolute Gasteiger partial charge is 0.274 e. The van der Waals surface area contributed by atoms with E-state index in [1.807, 2.05) is 0 Å². The van der Waals surface area contributed by atoms with Gasteiger partial charge in [0, 0.05) is 24.9 Å². The minimum Gasteiger partial charge on any atom is -0.376 e. The van der Waals surface area contributed by atoms with E-state index in [0.717, 1.165) is 31.6 Å². The lowest BCUT2D eigenvalue weighted by molar-refractivity contribution is 0.102. The Balaban J connectivity index is 1.70. The lowest BCUT2D eigenvalue weighted by Crippen LogP contribution is -2.21. The predicted octanol–water partition coefficient (Wildman–Crippen LogP) is 2.91. The van der Waals surface area contributed by atoms with E-state index >= 15 is 0 Å². The Morgan fingerprint density at radius 3 is 2.88 bits per heavy atom. The van der Waals surface area contributed by atoms with E-state index in [2.05, 4.69) is 20.6 Å². The molecule has 1 aliphatic rings. The van der Waals surface area contributed by atoms with Crippen LogP contribution >= 0.6 is 0 Å². The zero-order valence-electron chi connectivity index (χ0n) is 13.7. The Morgan fingerprint density at radius 1 is 1.32 bits per heavy atom. The Morgan fingerprint density at radius 2 is 2.16 bits per heavy atom. The van der Waals surface area contributed by atoms with Gasteiger partial charge in [-0.3, -0.25) is 4.79 Å². The van der Waals surface area contributed by atoms with Gasteiger partial charge in [-0.05, 0) is 38.0 Å². The quantitative estimate of drug-likeness (QED) is 0.869. The molecular weight excluding hydrogens is 330 g/mol. The van der Waals surface area contributed by atoms with Crippen LogP contribution in [0.15, 0.2) is 24.3 Å². The van der Waals surface area contributed by atoms with Crippen molar-refractivity contribution >= 4 is 17.5 Å². The predicted molar refractivity (Wildman–Crippen MR) is 88.5 cm³/mol. The number of anilines is 2. The molecule has 1 saturated heterocycles. The summed E-state index contributed by atoms with van der Waals surface area (Å²) >= 11 is 0. The number of rotatable bonds is 5. The van der Waals surface area contributed by atoms with Crippen molar-refractivity contribution in [1.29, 1.82) is 0 Å². The molecule has 2 N–H and O–H groups in total. The number of halogens is 2. The van der Waals surface area contributed by atoms with Crippen molar-refractivity contribution in [2.24, 2.45) is 0 Å². The molecule has 25 heavy (non-hydrogen) atoms. The summed E-state index contributed by atoms with van der Waals surface area (Å²) in [4.78, 5) is 20.7. The Labute approximate surface area is 143 Å². The summed E-state index contributed by atoms with van der Waals surface area (Å²) in [7, 11) is 0. The van der Waals surface area contributed by atoms with Gasteiger partial charge in [0.2, 0.25) is 5.95 Å². The monoisotopic (exact) mass is 348 g/mol. The minimum absolute atomic E-state index is 0.0889. The molecule has 0 saturated carbocycles. The fraction of sp³-hybridized carbons (Fsp3) is 0.353. The van der Waals surface area contributed by atoms with E-state index in [-0.39, 0.29) is 17.5 Å². The van der Waals surface area contributed by atoms with Gasteiger partial charge in [-0.15, -0.1) is 0 Å². The van der Waals surface area contributed by atoms with E-state index in [1.54, 1.807) is 6.92 Å². The lowest BCUT2D eigenvalue weighted by atomic mass is 10.2. The normalized spacial score (nSPS) is 16.7. The van der Waals surface area contributed by atoms with E-state index in [0.29, 0.717) is 24.3 Å². The topological polar surface area (TPSA) is 76.1 Å². The summed E-state index contributed by atoms with van der Waals surface area (Å²) in [6, 6.07) is 4.43. The number of ether oxygens (including phenoxy) is 1. The lowest BCUT2D eigenvalue weighted by Gasteiger charge is -2.12. The second-order valence-electron chi connectivity index (χ2n) is 5.81. The molecule has 0 radical (unpaired) electrons. The largest absolute Gasteiger partial charge is 0.376 e. The molecule has 1 atom stereocenters. The SMILES string of the molecule is Cc1cc(C(=O)Nc2ccc(F)cc2F)nc(NCC2CCCO2)n1. The fourth-order valence-corrected chi connectivity index (χ4v) is 2.55. The molecule has 8 heteroatoms. The van der Waals surface area contributed by atoms with Gasteiger partial charge in [0.25, 0.3) is 5.91 Å². The zero-order valence-corrected chi connectivity index (χ0v) is 13.7. The highest BCUT2D eigenvalue weighted by Gasteiger charge is 2.17. The summed E-state index contributed by atoms with van der Waals surface area (Å²) in [5.41, 5.74) is 0.567. The third-order valence-electron chi connectivity index (χ3n) is 3.78. The van der Waals surface area contributed by atoms with Gasteiger partial charge in [0.15, 0.2) is 0 Å². The molecule has 1 aromatic heterocycles. The first kappa shape index (κ1) is 17.2. The van der Waals surface area contributed by atoms with Gasteiger partial charge in [0.05, 0.1) is 11.8 Å². The molecule has 3 rings (SSSR count). The van der Waals surface area contributed by atoms with Crippen molar-refractivity contribution in [3.63, 3.8) is 0 Å². The molecule has 1 fully saturated rings.